The maximum Gasteiger partial charge on any atom is 0.230 e. The minimum absolute atomic E-state index is 0.791. The lowest BCUT2D eigenvalue weighted by Crippen LogP contribution is -2.35. The van der Waals surface area contributed by atoms with Gasteiger partial charge in [-0.3, -0.25) is 0 Å². The van der Waals surface area contributed by atoms with Crippen LogP contribution in [0.5, 0.6) is 0 Å². The van der Waals surface area contributed by atoms with Crippen LogP contribution in [-0.2, 0) is 4.79 Å². The van der Waals surface area contributed by atoms with E-state index in [0.29, 0.717) is 0 Å². The standard InChI is InChI=1S/C5H6N2.C2HCl3O2/c6-5-1-3-7-4-2-5;3-2(4,5)1(6)7/h1-4H,(H2,6,7);(H,6,7). The lowest BCUT2D eigenvalue weighted by molar-refractivity contribution is -0.377. The summed E-state index contributed by atoms with van der Waals surface area (Å²) in [5.74, 6) is -1.71. The fourth-order valence-corrected chi connectivity index (χ4v) is 0.400. The van der Waals surface area contributed by atoms with Gasteiger partial charge in [0.1, 0.15) is 0 Å². The summed E-state index contributed by atoms with van der Waals surface area (Å²) < 4.78 is -2.28. The largest absolute Gasteiger partial charge is 0.545 e. The summed E-state index contributed by atoms with van der Waals surface area (Å²) in [5.41, 5.74) is 6.13. The first-order valence-electron chi connectivity index (χ1n) is 3.34. The number of aromatic nitrogens is 1. The van der Waals surface area contributed by atoms with Crippen molar-refractivity contribution in [3.05, 3.63) is 24.5 Å². The molecule has 0 atom stereocenters. The molecule has 0 amide bonds. The van der Waals surface area contributed by atoms with Crippen LogP contribution in [0, 0.1) is 0 Å². The second kappa shape index (κ2) is 5.90. The first-order chi connectivity index (χ1) is 6.34. The van der Waals surface area contributed by atoms with Gasteiger partial charge < -0.3 is 15.6 Å². The number of hydrogen-bond acceptors (Lipinski definition) is 3. The third-order valence-corrected chi connectivity index (χ3v) is 1.44. The predicted octanol–water partition coefficient (Wildman–Crippen LogP) is 0.189. The summed E-state index contributed by atoms with van der Waals surface area (Å²) in [4.78, 5) is 12.4. The van der Waals surface area contributed by atoms with Gasteiger partial charge in [-0.1, -0.05) is 34.8 Å². The second-order valence-electron chi connectivity index (χ2n) is 2.12. The number of pyridine rings is 1. The molecule has 0 bridgehead atoms. The van der Waals surface area contributed by atoms with E-state index < -0.39 is 9.76 Å². The van der Waals surface area contributed by atoms with E-state index in [1.165, 1.54) is 0 Å². The van der Waals surface area contributed by atoms with Gasteiger partial charge >= 0.3 is 0 Å². The van der Waals surface area contributed by atoms with Crippen molar-refractivity contribution in [3.8, 4) is 0 Å². The monoisotopic (exact) mass is 256 g/mol. The molecule has 78 valence electrons. The molecule has 0 saturated heterocycles. The first-order valence-corrected chi connectivity index (χ1v) is 4.47. The summed E-state index contributed by atoms with van der Waals surface area (Å²) >= 11 is 14.2. The Labute approximate surface area is 95.6 Å². The van der Waals surface area contributed by atoms with Gasteiger partial charge in [-0.25, -0.2) is 4.98 Å². The SMILES string of the molecule is Nc1cc[nH+]cc1.O=C([O-])C(Cl)(Cl)Cl. The molecular weight excluding hydrogens is 250 g/mol. The zero-order valence-electron chi connectivity index (χ0n) is 6.84. The zero-order valence-corrected chi connectivity index (χ0v) is 9.10. The molecule has 0 aliphatic rings. The Kier molecular flexibility index (Phi) is 5.60. The molecule has 0 spiro atoms. The summed E-state index contributed by atoms with van der Waals surface area (Å²) in [5, 5.41) is 9.51. The van der Waals surface area contributed by atoms with Gasteiger partial charge in [0.25, 0.3) is 0 Å². The first kappa shape index (κ1) is 13.3. The van der Waals surface area contributed by atoms with E-state index in [1.54, 1.807) is 24.5 Å². The molecule has 0 saturated carbocycles. The fraction of sp³-hybridized carbons (Fsp3) is 0.143. The van der Waals surface area contributed by atoms with Crippen LogP contribution in [0.15, 0.2) is 24.5 Å². The van der Waals surface area contributed by atoms with Crippen molar-refractivity contribution in [2.75, 3.05) is 5.73 Å². The number of H-pyrrole nitrogens is 1. The number of halogens is 3. The van der Waals surface area contributed by atoms with Crippen molar-refractivity contribution in [1.82, 2.24) is 0 Å². The number of anilines is 1. The molecule has 0 unspecified atom stereocenters. The topological polar surface area (TPSA) is 80.3 Å². The Bertz CT molecular complexity index is 287. The number of carboxylic acid groups (broad SMARTS) is 1. The van der Waals surface area contributed by atoms with Crippen molar-refractivity contribution in [2.45, 2.75) is 3.79 Å². The minimum Gasteiger partial charge on any atom is -0.545 e. The molecule has 7 heteroatoms. The highest BCUT2D eigenvalue weighted by Gasteiger charge is 2.20. The Morgan fingerprint density at radius 2 is 1.71 bits per heavy atom. The number of carbonyl (C=O) groups is 1. The minimum atomic E-state index is -2.28. The van der Waals surface area contributed by atoms with Crippen molar-refractivity contribution >= 4 is 46.5 Å². The molecule has 1 aromatic heterocycles. The quantitative estimate of drug-likeness (QED) is 0.674. The Balaban J connectivity index is 0.000000241. The van der Waals surface area contributed by atoms with Gasteiger partial charge in [-0.2, -0.15) is 0 Å². The lowest BCUT2D eigenvalue weighted by Gasteiger charge is -2.09. The van der Waals surface area contributed by atoms with Gasteiger partial charge in [0.15, 0.2) is 12.4 Å². The number of hydrogen-bond donors (Lipinski definition) is 1. The molecule has 1 aromatic rings. The van der Waals surface area contributed by atoms with Gasteiger partial charge in [0.05, 0.1) is 5.97 Å². The number of nitrogens with one attached hydrogen (secondary N) is 1. The summed E-state index contributed by atoms with van der Waals surface area (Å²) in [6.45, 7) is 0. The number of carboxylic acids is 1. The van der Waals surface area contributed by atoms with Crippen LogP contribution in [0.3, 0.4) is 0 Å². The van der Waals surface area contributed by atoms with E-state index in [1.807, 2.05) is 0 Å². The van der Waals surface area contributed by atoms with Crippen molar-refractivity contribution in [2.24, 2.45) is 0 Å². The fourth-order valence-electron chi connectivity index (χ4n) is 0.400. The van der Waals surface area contributed by atoms with E-state index >= 15 is 0 Å². The van der Waals surface area contributed by atoms with E-state index in [0.717, 1.165) is 5.69 Å². The Morgan fingerprint density at radius 3 is 1.86 bits per heavy atom. The highest BCUT2D eigenvalue weighted by atomic mass is 35.6. The average Bonchev–Trinajstić information content (AvgIpc) is 2.04. The van der Waals surface area contributed by atoms with Gasteiger partial charge in [-0.05, 0) is 0 Å². The Hall–Kier alpha value is -0.710. The highest BCUT2D eigenvalue weighted by molar-refractivity contribution is 6.75. The van der Waals surface area contributed by atoms with Gasteiger partial charge in [0, 0.05) is 17.8 Å². The number of aromatic amines is 1. The lowest BCUT2D eigenvalue weighted by atomic mass is 10.4. The molecule has 0 aliphatic carbocycles. The molecule has 3 N–H and O–H groups in total. The molecule has 0 fully saturated rings. The molecular formula is C7H7Cl3N2O2. The highest BCUT2D eigenvalue weighted by Crippen LogP contribution is 2.24. The van der Waals surface area contributed by atoms with Crippen molar-refractivity contribution in [1.29, 1.82) is 0 Å². The Morgan fingerprint density at radius 1 is 1.36 bits per heavy atom. The van der Waals surface area contributed by atoms with Crippen LogP contribution in [0.1, 0.15) is 0 Å². The van der Waals surface area contributed by atoms with Crippen LogP contribution in [-0.4, -0.2) is 9.76 Å². The molecule has 4 nitrogen and oxygen atoms in total. The van der Waals surface area contributed by atoms with E-state index in [4.69, 9.17) is 40.5 Å². The van der Waals surface area contributed by atoms with Gasteiger partial charge in [0.2, 0.25) is 3.79 Å². The van der Waals surface area contributed by atoms with E-state index in [-0.39, 0.29) is 0 Å². The van der Waals surface area contributed by atoms with Gasteiger partial charge in [-0.15, -0.1) is 0 Å². The van der Waals surface area contributed by atoms with Crippen LogP contribution in [0.25, 0.3) is 0 Å². The average molecular weight is 258 g/mol. The van der Waals surface area contributed by atoms with Crippen LogP contribution in [0.4, 0.5) is 5.69 Å². The molecule has 1 heterocycles. The van der Waals surface area contributed by atoms with Crippen LogP contribution < -0.4 is 15.8 Å². The molecule has 1 rings (SSSR count). The molecule has 0 aliphatic heterocycles. The van der Waals surface area contributed by atoms with Crippen LogP contribution in [0.2, 0.25) is 0 Å². The molecule has 0 aromatic carbocycles. The number of nitrogen functional groups attached to an aromatic ring is 1. The predicted molar refractivity (Wildman–Crippen MR) is 52.7 cm³/mol. The maximum atomic E-state index is 9.51. The smallest absolute Gasteiger partial charge is 0.230 e. The number of aliphatic carboxylic acids is 1. The second-order valence-corrected chi connectivity index (χ2v) is 4.40. The summed E-state index contributed by atoms with van der Waals surface area (Å²) in [7, 11) is 0. The number of nitrogens with two attached hydrogens (primary N) is 1. The number of carbonyl (C=O) groups excluding carboxylic acids is 1. The number of rotatable bonds is 0. The normalized spacial score (nSPS) is 9.93. The summed E-state index contributed by atoms with van der Waals surface area (Å²) in [6, 6.07) is 3.61. The third-order valence-electron chi connectivity index (χ3n) is 0.975. The third kappa shape index (κ3) is 6.77. The van der Waals surface area contributed by atoms with Crippen LogP contribution >= 0.6 is 34.8 Å². The summed E-state index contributed by atoms with van der Waals surface area (Å²) in [6.07, 6.45) is 3.57. The number of alkyl halides is 3. The zero-order chi connectivity index (χ0) is 11.2. The van der Waals surface area contributed by atoms with E-state index in [9.17, 15) is 9.90 Å². The molecule has 0 radical (unpaired) electrons. The molecule has 14 heavy (non-hydrogen) atoms. The van der Waals surface area contributed by atoms with E-state index in [2.05, 4.69) is 4.98 Å². The maximum absolute atomic E-state index is 9.51. The van der Waals surface area contributed by atoms with Crippen molar-refractivity contribution < 1.29 is 14.9 Å². The van der Waals surface area contributed by atoms with Crippen molar-refractivity contribution in [3.63, 3.8) is 0 Å².